The lowest BCUT2D eigenvalue weighted by Crippen LogP contribution is -2.47. The van der Waals surface area contributed by atoms with Crippen LogP contribution in [0, 0.1) is 0 Å². The van der Waals surface area contributed by atoms with E-state index >= 15 is 0 Å². The third kappa shape index (κ3) is 3.51. The molecule has 1 N–H and O–H groups in total. The lowest BCUT2D eigenvalue weighted by Gasteiger charge is -2.33. The summed E-state index contributed by atoms with van der Waals surface area (Å²) >= 11 is 0. The highest BCUT2D eigenvalue weighted by Crippen LogP contribution is 2.21. The molecule has 3 rings (SSSR count). The topological polar surface area (TPSA) is 44.8 Å². The molecule has 3 aliphatic rings. The van der Waals surface area contributed by atoms with Gasteiger partial charge in [0, 0.05) is 44.7 Å². The number of rotatable bonds is 4. The van der Waals surface area contributed by atoms with E-state index in [1.807, 2.05) is 0 Å². The van der Waals surface area contributed by atoms with Crippen molar-refractivity contribution >= 4 is 5.91 Å². The normalized spacial score (nSPS) is 31.9. The first kappa shape index (κ1) is 14.3. The molecule has 0 bridgehead atoms. The van der Waals surface area contributed by atoms with Gasteiger partial charge >= 0.3 is 0 Å². The molecule has 20 heavy (non-hydrogen) atoms. The number of nitrogens with one attached hydrogen (secondary N) is 1. The minimum Gasteiger partial charge on any atom is -0.379 e. The van der Waals surface area contributed by atoms with Crippen molar-refractivity contribution in [2.24, 2.45) is 0 Å². The summed E-state index contributed by atoms with van der Waals surface area (Å²) in [4.78, 5) is 17.1. The van der Waals surface area contributed by atoms with Crippen LogP contribution < -0.4 is 5.32 Å². The monoisotopic (exact) mass is 281 g/mol. The zero-order valence-corrected chi connectivity index (χ0v) is 12.4. The summed E-state index contributed by atoms with van der Waals surface area (Å²) in [6, 6.07) is 0.856. The van der Waals surface area contributed by atoms with E-state index in [9.17, 15) is 4.79 Å². The summed E-state index contributed by atoms with van der Waals surface area (Å²) in [5.74, 6) is 0.361. The Morgan fingerprint density at radius 2 is 2.00 bits per heavy atom. The fourth-order valence-corrected chi connectivity index (χ4v) is 3.69. The number of amides is 1. The Morgan fingerprint density at radius 3 is 2.75 bits per heavy atom. The summed E-state index contributed by atoms with van der Waals surface area (Å²) < 4.78 is 5.40. The predicted octanol–water partition coefficient (Wildman–Crippen LogP) is 0.452. The van der Waals surface area contributed by atoms with E-state index in [1.54, 1.807) is 0 Å². The Morgan fingerprint density at radius 1 is 1.15 bits per heavy atom. The molecule has 0 radical (unpaired) electrons. The molecule has 0 aromatic heterocycles. The van der Waals surface area contributed by atoms with Crippen LogP contribution in [0.25, 0.3) is 0 Å². The fourth-order valence-electron chi connectivity index (χ4n) is 3.69. The van der Waals surface area contributed by atoms with Gasteiger partial charge in [-0.3, -0.25) is 9.69 Å². The highest BCUT2D eigenvalue weighted by atomic mass is 16.5. The minimum atomic E-state index is 0.361. The standard InChI is InChI=1S/C15H27N3O2/c19-15(11-13-3-1-5-16-13)18-6-2-4-14(18)12-17-7-9-20-10-8-17/h13-14,16H,1-12H2. The molecule has 0 spiro atoms. The van der Waals surface area contributed by atoms with Gasteiger partial charge in [0.05, 0.1) is 13.2 Å². The van der Waals surface area contributed by atoms with Crippen LogP contribution in [0.3, 0.4) is 0 Å². The molecule has 3 fully saturated rings. The summed E-state index contributed by atoms with van der Waals surface area (Å²) in [5.41, 5.74) is 0. The van der Waals surface area contributed by atoms with E-state index in [2.05, 4.69) is 15.1 Å². The average Bonchev–Trinajstić information content (AvgIpc) is 3.11. The van der Waals surface area contributed by atoms with Crippen molar-refractivity contribution in [3.05, 3.63) is 0 Å². The number of nitrogens with zero attached hydrogens (tertiary/aromatic N) is 2. The van der Waals surface area contributed by atoms with E-state index in [0.29, 0.717) is 24.4 Å². The maximum atomic E-state index is 12.5. The van der Waals surface area contributed by atoms with Crippen LogP contribution in [0.1, 0.15) is 32.1 Å². The molecule has 114 valence electrons. The van der Waals surface area contributed by atoms with E-state index in [0.717, 1.165) is 52.4 Å². The smallest absolute Gasteiger partial charge is 0.224 e. The van der Waals surface area contributed by atoms with Crippen LogP contribution >= 0.6 is 0 Å². The summed E-state index contributed by atoms with van der Waals surface area (Å²) in [7, 11) is 0. The first-order valence-electron chi connectivity index (χ1n) is 8.16. The summed E-state index contributed by atoms with van der Waals surface area (Å²) in [6.45, 7) is 6.79. The van der Waals surface area contributed by atoms with E-state index < -0.39 is 0 Å². The van der Waals surface area contributed by atoms with Gasteiger partial charge in [0.2, 0.25) is 5.91 Å². The van der Waals surface area contributed by atoms with Gasteiger partial charge in [0.1, 0.15) is 0 Å². The summed E-state index contributed by atoms with van der Waals surface area (Å²) in [6.07, 6.45) is 5.41. The molecule has 0 saturated carbocycles. The Kier molecular flexibility index (Phi) is 4.91. The van der Waals surface area contributed by atoms with Gasteiger partial charge in [-0.05, 0) is 32.2 Å². The third-order valence-corrected chi connectivity index (χ3v) is 4.85. The quantitative estimate of drug-likeness (QED) is 0.813. The SMILES string of the molecule is O=C(CC1CCCN1)N1CCCC1CN1CCOCC1. The first-order valence-corrected chi connectivity index (χ1v) is 8.16. The zero-order valence-electron chi connectivity index (χ0n) is 12.4. The molecule has 5 nitrogen and oxygen atoms in total. The second kappa shape index (κ2) is 6.87. The highest BCUT2D eigenvalue weighted by molar-refractivity contribution is 5.77. The predicted molar refractivity (Wildman–Crippen MR) is 77.6 cm³/mol. The number of hydrogen-bond acceptors (Lipinski definition) is 4. The molecule has 3 saturated heterocycles. The molecule has 3 heterocycles. The molecule has 3 aliphatic heterocycles. The van der Waals surface area contributed by atoms with Crippen molar-refractivity contribution in [2.75, 3.05) is 45.9 Å². The van der Waals surface area contributed by atoms with Crippen LogP contribution in [0.2, 0.25) is 0 Å². The van der Waals surface area contributed by atoms with Crippen LogP contribution in [0.15, 0.2) is 0 Å². The number of hydrogen-bond donors (Lipinski definition) is 1. The number of morpholine rings is 1. The number of ether oxygens (including phenoxy) is 1. The number of carbonyl (C=O) groups is 1. The molecule has 5 heteroatoms. The molecular weight excluding hydrogens is 254 g/mol. The lowest BCUT2D eigenvalue weighted by molar-refractivity contribution is -0.133. The van der Waals surface area contributed by atoms with Gasteiger partial charge in [0.25, 0.3) is 0 Å². The van der Waals surface area contributed by atoms with Gasteiger partial charge in [-0.15, -0.1) is 0 Å². The van der Waals surface area contributed by atoms with E-state index in [-0.39, 0.29) is 0 Å². The van der Waals surface area contributed by atoms with Crippen LogP contribution in [0.5, 0.6) is 0 Å². The van der Waals surface area contributed by atoms with Crippen molar-refractivity contribution in [1.82, 2.24) is 15.1 Å². The Labute approximate surface area is 121 Å². The van der Waals surface area contributed by atoms with Gasteiger partial charge in [-0.25, -0.2) is 0 Å². The Balaban J connectivity index is 1.50. The van der Waals surface area contributed by atoms with Crippen molar-refractivity contribution in [2.45, 2.75) is 44.2 Å². The maximum Gasteiger partial charge on any atom is 0.224 e. The molecule has 0 aromatic rings. The van der Waals surface area contributed by atoms with Gasteiger partial charge in [0.15, 0.2) is 0 Å². The largest absolute Gasteiger partial charge is 0.379 e. The van der Waals surface area contributed by atoms with Gasteiger partial charge in [-0.1, -0.05) is 0 Å². The highest BCUT2D eigenvalue weighted by Gasteiger charge is 2.31. The van der Waals surface area contributed by atoms with Gasteiger partial charge in [-0.2, -0.15) is 0 Å². The number of carbonyl (C=O) groups excluding carboxylic acids is 1. The fraction of sp³-hybridized carbons (Fsp3) is 0.933. The van der Waals surface area contributed by atoms with E-state index in [1.165, 1.54) is 19.3 Å². The van der Waals surface area contributed by atoms with Crippen LogP contribution in [-0.2, 0) is 9.53 Å². The molecule has 2 atom stereocenters. The zero-order chi connectivity index (χ0) is 13.8. The van der Waals surface area contributed by atoms with Crippen LogP contribution in [-0.4, -0.2) is 73.7 Å². The van der Waals surface area contributed by atoms with E-state index in [4.69, 9.17) is 4.74 Å². The average molecular weight is 281 g/mol. The molecular formula is C15H27N3O2. The molecule has 0 aromatic carbocycles. The summed E-state index contributed by atoms with van der Waals surface area (Å²) in [5, 5.41) is 3.43. The molecule has 2 unspecified atom stereocenters. The van der Waals surface area contributed by atoms with Crippen molar-refractivity contribution in [1.29, 1.82) is 0 Å². The second-order valence-corrected chi connectivity index (χ2v) is 6.29. The van der Waals surface area contributed by atoms with Crippen molar-refractivity contribution < 1.29 is 9.53 Å². The van der Waals surface area contributed by atoms with Crippen molar-refractivity contribution in [3.8, 4) is 0 Å². The lowest BCUT2D eigenvalue weighted by atomic mass is 10.1. The first-order chi connectivity index (χ1) is 9.83. The maximum absolute atomic E-state index is 12.5. The molecule has 1 amide bonds. The van der Waals surface area contributed by atoms with Crippen LogP contribution in [0.4, 0.5) is 0 Å². The number of likely N-dealkylation sites (tertiary alicyclic amines) is 1. The third-order valence-electron chi connectivity index (χ3n) is 4.85. The van der Waals surface area contributed by atoms with Gasteiger partial charge < -0.3 is 15.0 Å². The Bertz CT molecular complexity index is 325. The van der Waals surface area contributed by atoms with Crippen molar-refractivity contribution in [3.63, 3.8) is 0 Å². The molecule has 0 aliphatic carbocycles. The Hall–Kier alpha value is -0.650. The second-order valence-electron chi connectivity index (χ2n) is 6.29. The minimum absolute atomic E-state index is 0.361.